The van der Waals surface area contributed by atoms with E-state index in [1.807, 2.05) is 66.7 Å². The van der Waals surface area contributed by atoms with Gasteiger partial charge in [-0.3, -0.25) is 24.5 Å². The molecule has 53 heavy (non-hydrogen) atoms. The largest absolute Gasteiger partial charge is 0.508 e. The van der Waals surface area contributed by atoms with Gasteiger partial charge in [-0.15, -0.1) is 23.4 Å². The summed E-state index contributed by atoms with van der Waals surface area (Å²) in [6.07, 6.45) is 3.18. The molecule has 0 saturated carbocycles. The number of carbonyl (C=O) groups excluding carboxylic acids is 4. The van der Waals surface area contributed by atoms with Crippen LogP contribution in [-0.4, -0.2) is 64.5 Å². The first-order valence-electron chi connectivity index (χ1n) is 17.9. The van der Waals surface area contributed by atoms with Crippen LogP contribution in [0.15, 0.2) is 102 Å². The van der Waals surface area contributed by atoms with Gasteiger partial charge in [0, 0.05) is 35.7 Å². The van der Waals surface area contributed by atoms with Crippen LogP contribution in [0.1, 0.15) is 71.1 Å². The number of ether oxygens (including phenoxy) is 1. The molecule has 4 aromatic carbocycles. The molecule has 4 amide bonds. The first-order valence-corrected chi connectivity index (χ1v) is 19.4. The molecule has 2 aliphatic heterocycles. The number of fused-ring (bicyclic) bond motifs is 1. The molecule has 0 aromatic heterocycles. The van der Waals surface area contributed by atoms with Crippen LogP contribution in [-0.2, 0) is 20.9 Å². The van der Waals surface area contributed by atoms with E-state index in [1.54, 1.807) is 34.9 Å². The number of benzene rings is 4. The van der Waals surface area contributed by atoms with Gasteiger partial charge >= 0.3 is 0 Å². The Hall–Kier alpha value is -5.06. The number of amides is 4. The number of alkyl halides is 1. The van der Waals surface area contributed by atoms with Crippen LogP contribution >= 0.6 is 23.4 Å². The zero-order chi connectivity index (χ0) is 37.2. The number of nitrogens with one attached hydrogen (secondary N) is 2. The Kier molecular flexibility index (Phi) is 12.9. The summed E-state index contributed by atoms with van der Waals surface area (Å²) in [5.41, 5.74) is 6.72. The number of imide groups is 1. The lowest BCUT2D eigenvalue weighted by Gasteiger charge is -2.29. The molecule has 1 atom stereocenters. The number of hydrogen-bond acceptors (Lipinski definition) is 7. The summed E-state index contributed by atoms with van der Waals surface area (Å²) >= 11 is 7.92. The fourth-order valence-electron chi connectivity index (χ4n) is 6.72. The van der Waals surface area contributed by atoms with E-state index in [4.69, 9.17) is 16.3 Å². The zero-order valence-electron chi connectivity index (χ0n) is 29.3. The van der Waals surface area contributed by atoms with Crippen LogP contribution in [0, 0.1) is 0 Å². The molecule has 0 bridgehead atoms. The molecule has 1 fully saturated rings. The van der Waals surface area contributed by atoms with E-state index in [1.165, 1.54) is 0 Å². The molecule has 4 aromatic rings. The molecule has 0 spiro atoms. The molecule has 9 nitrogen and oxygen atoms in total. The molecule has 1 saturated heterocycles. The highest BCUT2D eigenvalue weighted by Crippen LogP contribution is 2.37. The number of thioether (sulfide) groups is 1. The molecule has 274 valence electrons. The molecule has 2 heterocycles. The number of phenols is 1. The number of unbranched alkanes of at least 4 members (excludes halogenated alkanes) is 1. The predicted octanol–water partition coefficient (Wildman–Crippen LogP) is 7.20. The lowest BCUT2D eigenvalue weighted by molar-refractivity contribution is -0.137. The Morgan fingerprint density at radius 2 is 1.62 bits per heavy atom. The van der Waals surface area contributed by atoms with Crippen LogP contribution in [0.4, 0.5) is 0 Å². The third kappa shape index (κ3) is 9.49. The minimum atomic E-state index is -0.636. The van der Waals surface area contributed by atoms with Gasteiger partial charge in [0.1, 0.15) is 24.1 Å². The van der Waals surface area contributed by atoms with Gasteiger partial charge in [0.05, 0.1) is 6.54 Å². The van der Waals surface area contributed by atoms with E-state index in [-0.39, 0.29) is 29.9 Å². The molecule has 1 unspecified atom stereocenters. The quantitative estimate of drug-likeness (QED) is 0.0364. The number of hydrogen-bond donors (Lipinski definition) is 3. The monoisotopic (exact) mass is 751 g/mol. The van der Waals surface area contributed by atoms with Gasteiger partial charge in [-0.1, -0.05) is 60.7 Å². The van der Waals surface area contributed by atoms with Crippen LogP contribution in [0.5, 0.6) is 11.5 Å². The summed E-state index contributed by atoms with van der Waals surface area (Å²) in [5, 5.41) is 15.2. The van der Waals surface area contributed by atoms with E-state index in [9.17, 15) is 24.3 Å². The van der Waals surface area contributed by atoms with Crippen molar-refractivity contribution in [2.24, 2.45) is 0 Å². The average Bonchev–Trinajstić information content (AvgIpc) is 3.51. The van der Waals surface area contributed by atoms with Gasteiger partial charge in [-0.25, -0.2) is 0 Å². The molecule has 2 aliphatic rings. The highest BCUT2D eigenvalue weighted by Gasteiger charge is 2.39. The Labute approximate surface area is 318 Å². The van der Waals surface area contributed by atoms with Crippen molar-refractivity contribution >= 4 is 58.1 Å². The van der Waals surface area contributed by atoms with E-state index in [0.29, 0.717) is 56.2 Å². The Bertz CT molecular complexity index is 1970. The fraction of sp³-hybridized carbons (Fsp3) is 0.286. The first kappa shape index (κ1) is 37.7. The van der Waals surface area contributed by atoms with Crippen LogP contribution in [0.2, 0.25) is 0 Å². The highest BCUT2D eigenvalue weighted by molar-refractivity contribution is 7.99. The zero-order valence-corrected chi connectivity index (χ0v) is 30.9. The fourth-order valence-corrected chi connectivity index (χ4v) is 8.00. The van der Waals surface area contributed by atoms with Crippen molar-refractivity contribution in [3.05, 3.63) is 125 Å². The standard InChI is InChI=1S/C42H42ClN3O6S/c43-23-22-33(28-7-2-1-3-8-28)40(29-12-16-31(47)17-13-29)30-14-18-32(19-15-30)52-25-24-44-38(48)11-4-5-26-53-37-10-6-9-34-35(37)27-46(42(34)51)36-20-21-39(49)45-41(36)50/h1-3,6-10,12-19,36,47H,4-5,11,20-27H2,(H,44,48)(H,45,49,50)/b40-33-. The number of halogens is 1. The van der Waals surface area contributed by atoms with Crippen LogP contribution < -0.4 is 15.4 Å². The summed E-state index contributed by atoms with van der Waals surface area (Å²) < 4.78 is 5.95. The number of carbonyl (C=O) groups is 4. The summed E-state index contributed by atoms with van der Waals surface area (Å²) in [5.74, 6) is 1.22. The summed E-state index contributed by atoms with van der Waals surface area (Å²) in [6.45, 7) is 1.06. The van der Waals surface area contributed by atoms with Crippen LogP contribution in [0.3, 0.4) is 0 Å². The van der Waals surface area contributed by atoms with Crippen molar-refractivity contribution < 1.29 is 29.0 Å². The van der Waals surface area contributed by atoms with Gasteiger partial charge in [0.25, 0.3) is 5.91 Å². The van der Waals surface area contributed by atoms with Gasteiger partial charge in [0.15, 0.2) is 0 Å². The van der Waals surface area contributed by atoms with Gasteiger partial charge in [0.2, 0.25) is 17.7 Å². The number of nitrogens with zero attached hydrogens (tertiary/aromatic N) is 1. The lowest BCUT2D eigenvalue weighted by atomic mass is 9.88. The van der Waals surface area contributed by atoms with Crippen molar-refractivity contribution in [2.75, 3.05) is 24.8 Å². The summed E-state index contributed by atoms with van der Waals surface area (Å²) in [4.78, 5) is 52.1. The highest BCUT2D eigenvalue weighted by atomic mass is 35.5. The minimum absolute atomic E-state index is 0.0311. The second-order valence-corrected chi connectivity index (χ2v) is 14.4. The number of phenolic OH excluding ortho intramolecular Hbond substituents is 1. The Balaban J connectivity index is 0.948. The number of piperidine rings is 1. The molecular formula is C42H42ClN3O6S. The normalized spacial score (nSPS) is 15.8. The van der Waals surface area contributed by atoms with Gasteiger partial charge < -0.3 is 20.1 Å². The number of aromatic hydroxyl groups is 1. The topological polar surface area (TPSA) is 125 Å². The van der Waals surface area contributed by atoms with E-state index >= 15 is 0 Å². The maximum Gasteiger partial charge on any atom is 0.255 e. The van der Waals surface area contributed by atoms with Crippen molar-refractivity contribution in [2.45, 2.75) is 56.0 Å². The average molecular weight is 752 g/mol. The molecule has 0 aliphatic carbocycles. The van der Waals surface area contributed by atoms with Crippen LogP contribution in [0.25, 0.3) is 11.1 Å². The maximum absolute atomic E-state index is 13.1. The van der Waals surface area contributed by atoms with Gasteiger partial charge in [-0.2, -0.15) is 0 Å². The number of allylic oxidation sites excluding steroid dienone is 1. The lowest BCUT2D eigenvalue weighted by Crippen LogP contribution is -2.52. The van der Waals surface area contributed by atoms with Crippen molar-refractivity contribution in [3.8, 4) is 11.5 Å². The SMILES string of the molecule is O=C(CCCCSc1cccc2c1CN(C1CCC(=O)NC1=O)C2=O)NCCOc1ccc(/C(=C(/CCCl)c2ccccc2)c2ccc(O)cc2)cc1. The molecule has 0 radical (unpaired) electrons. The van der Waals surface area contributed by atoms with E-state index in [0.717, 1.165) is 56.9 Å². The third-order valence-electron chi connectivity index (χ3n) is 9.36. The first-order chi connectivity index (χ1) is 25.8. The summed E-state index contributed by atoms with van der Waals surface area (Å²) in [6, 6.07) is 30.2. The third-order valence-corrected chi connectivity index (χ3v) is 10.7. The molecule has 6 rings (SSSR count). The smallest absolute Gasteiger partial charge is 0.255 e. The summed E-state index contributed by atoms with van der Waals surface area (Å²) in [7, 11) is 0. The van der Waals surface area contributed by atoms with Crippen molar-refractivity contribution in [1.82, 2.24) is 15.5 Å². The van der Waals surface area contributed by atoms with Crippen molar-refractivity contribution in [1.29, 1.82) is 0 Å². The van der Waals surface area contributed by atoms with Gasteiger partial charge in [-0.05, 0) is 101 Å². The Morgan fingerprint density at radius 1 is 0.887 bits per heavy atom. The second-order valence-electron chi connectivity index (χ2n) is 12.9. The molecule has 3 N–H and O–H groups in total. The number of rotatable bonds is 16. The Morgan fingerprint density at radius 3 is 2.34 bits per heavy atom. The van der Waals surface area contributed by atoms with E-state index in [2.05, 4.69) is 22.8 Å². The second kappa shape index (κ2) is 18.1. The minimum Gasteiger partial charge on any atom is -0.508 e. The molecule has 11 heteroatoms. The molecular weight excluding hydrogens is 710 g/mol. The van der Waals surface area contributed by atoms with Crippen molar-refractivity contribution in [3.63, 3.8) is 0 Å². The maximum atomic E-state index is 13.1. The predicted molar refractivity (Wildman–Crippen MR) is 208 cm³/mol. The van der Waals surface area contributed by atoms with E-state index < -0.39 is 11.9 Å².